The number of amides is 1. The zero-order valence-corrected chi connectivity index (χ0v) is 19.8. The van der Waals surface area contributed by atoms with Crippen LogP contribution in [0.1, 0.15) is 23.6 Å². The summed E-state index contributed by atoms with van der Waals surface area (Å²) in [4.78, 5) is 30.7. The standard InChI is InChI=1S/C25H25N5O3S/c1-16-6-5-8-18(12-16)30-23-20(14-27-30)24(32)29-19(15-34-25(29)28-23)13-22(31)26-11-10-17-7-3-4-9-21(17)33-2/h3-9,12,14,19H,10-11,13,15H2,1-2H3,(H,26,31). The van der Waals surface area contributed by atoms with E-state index in [9.17, 15) is 9.59 Å². The smallest absolute Gasteiger partial charge is 0.265 e. The topological polar surface area (TPSA) is 91.0 Å². The molecule has 1 aliphatic heterocycles. The van der Waals surface area contributed by atoms with Gasteiger partial charge < -0.3 is 10.1 Å². The number of fused-ring (bicyclic) bond motifs is 2. The van der Waals surface area contributed by atoms with Crippen LogP contribution in [0.2, 0.25) is 0 Å². The SMILES string of the molecule is COc1ccccc1CCNC(=O)CC1CSc2nc3c(cnn3-c3cccc(C)c3)c(=O)n21. The molecule has 2 aromatic heterocycles. The number of methoxy groups -OCH3 is 1. The normalized spacial score (nSPS) is 14.8. The van der Waals surface area contributed by atoms with Crippen molar-refractivity contribution in [3.8, 4) is 11.4 Å². The van der Waals surface area contributed by atoms with Crippen molar-refractivity contribution in [2.45, 2.75) is 31.0 Å². The molecule has 8 nitrogen and oxygen atoms in total. The maximum absolute atomic E-state index is 13.3. The summed E-state index contributed by atoms with van der Waals surface area (Å²) in [5.74, 6) is 1.36. The number of para-hydroxylation sites is 1. The Morgan fingerprint density at radius 1 is 1.24 bits per heavy atom. The van der Waals surface area contributed by atoms with E-state index >= 15 is 0 Å². The number of nitrogens with zero attached hydrogens (tertiary/aromatic N) is 4. The molecule has 1 amide bonds. The average molecular weight is 476 g/mol. The lowest BCUT2D eigenvalue weighted by Crippen LogP contribution is -2.31. The molecule has 0 radical (unpaired) electrons. The fourth-order valence-electron chi connectivity index (χ4n) is 4.26. The van der Waals surface area contributed by atoms with E-state index in [1.807, 2.05) is 55.5 Å². The van der Waals surface area contributed by atoms with Gasteiger partial charge >= 0.3 is 0 Å². The molecule has 9 heteroatoms. The van der Waals surface area contributed by atoms with E-state index in [0.29, 0.717) is 34.9 Å². The number of rotatable bonds is 7. The monoisotopic (exact) mass is 475 g/mol. The largest absolute Gasteiger partial charge is 0.496 e. The Kier molecular flexibility index (Phi) is 6.10. The van der Waals surface area contributed by atoms with Crippen molar-refractivity contribution in [1.82, 2.24) is 24.6 Å². The van der Waals surface area contributed by atoms with Crippen molar-refractivity contribution in [2.75, 3.05) is 19.4 Å². The third kappa shape index (κ3) is 4.19. The van der Waals surface area contributed by atoms with Crippen LogP contribution >= 0.6 is 11.8 Å². The summed E-state index contributed by atoms with van der Waals surface area (Å²) in [6, 6.07) is 15.4. The predicted octanol–water partition coefficient (Wildman–Crippen LogP) is 3.30. The van der Waals surface area contributed by atoms with Crippen LogP contribution in [0.25, 0.3) is 16.7 Å². The highest BCUT2D eigenvalue weighted by Crippen LogP contribution is 2.33. The van der Waals surface area contributed by atoms with E-state index < -0.39 is 0 Å². The number of hydrogen-bond acceptors (Lipinski definition) is 6. The lowest BCUT2D eigenvalue weighted by Gasteiger charge is -2.14. The molecule has 0 bridgehead atoms. The van der Waals surface area contributed by atoms with Crippen molar-refractivity contribution in [3.63, 3.8) is 0 Å². The Morgan fingerprint density at radius 2 is 2.09 bits per heavy atom. The molecule has 0 saturated carbocycles. The minimum absolute atomic E-state index is 0.0872. The summed E-state index contributed by atoms with van der Waals surface area (Å²) in [6.45, 7) is 2.51. The van der Waals surface area contributed by atoms with Crippen molar-refractivity contribution >= 4 is 28.7 Å². The van der Waals surface area contributed by atoms with Crippen molar-refractivity contribution < 1.29 is 9.53 Å². The first-order chi connectivity index (χ1) is 16.5. The van der Waals surface area contributed by atoms with E-state index in [4.69, 9.17) is 9.72 Å². The molecular weight excluding hydrogens is 450 g/mol. The van der Waals surface area contributed by atoms with Gasteiger partial charge in [0.25, 0.3) is 5.56 Å². The van der Waals surface area contributed by atoms with Crippen molar-refractivity contribution in [3.05, 3.63) is 76.2 Å². The Hall–Kier alpha value is -3.59. The van der Waals surface area contributed by atoms with Gasteiger partial charge in [-0.1, -0.05) is 42.1 Å². The molecule has 0 aliphatic carbocycles. The minimum atomic E-state index is -0.238. The number of aryl methyl sites for hydroxylation is 1. The van der Waals surface area contributed by atoms with Crippen LogP contribution in [0.5, 0.6) is 5.75 Å². The van der Waals surface area contributed by atoms with Gasteiger partial charge in [0.2, 0.25) is 5.91 Å². The number of thioether (sulfide) groups is 1. The number of carbonyl (C=O) groups excluding carboxylic acids is 1. The highest BCUT2D eigenvalue weighted by molar-refractivity contribution is 7.99. The zero-order valence-electron chi connectivity index (χ0n) is 19.0. The molecule has 4 aromatic rings. The highest BCUT2D eigenvalue weighted by Gasteiger charge is 2.29. The van der Waals surface area contributed by atoms with Gasteiger partial charge in [-0.3, -0.25) is 14.2 Å². The number of ether oxygens (including phenoxy) is 1. The van der Waals surface area contributed by atoms with Crippen molar-refractivity contribution in [1.29, 1.82) is 0 Å². The van der Waals surface area contributed by atoms with E-state index in [1.54, 1.807) is 22.6 Å². The Labute approximate surface area is 201 Å². The molecule has 1 aliphatic rings. The van der Waals surface area contributed by atoms with Crippen LogP contribution in [0.3, 0.4) is 0 Å². The molecule has 0 spiro atoms. The lowest BCUT2D eigenvalue weighted by molar-refractivity contribution is -0.121. The summed E-state index contributed by atoms with van der Waals surface area (Å²) >= 11 is 1.50. The molecular formula is C25H25N5O3S. The summed E-state index contributed by atoms with van der Waals surface area (Å²) in [6.07, 6.45) is 2.46. The average Bonchev–Trinajstić information content (AvgIpc) is 3.44. The van der Waals surface area contributed by atoms with Crippen LogP contribution in [0.4, 0.5) is 0 Å². The number of hydrogen-bond donors (Lipinski definition) is 1. The second-order valence-corrected chi connectivity index (χ2v) is 9.27. The van der Waals surface area contributed by atoms with E-state index in [0.717, 1.165) is 22.6 Å². The van der Waals surface area contributed by atoms with Crippen LogP contribution < -0.4 is 15.6 Å². The van der Waals surface area contributed by atoms with E-state index in [1.165, 1.54) is 11.8 Å². The van der Waals surface area contributed by atoms with Gasteiger partial charge in [-0.05, 0) is 42.7 Å². The van der Waals surface area contributed by atoms with Gasteiger partial charge in [-0.2, -0.15) is 5.10 Å². The molecule has 0 saturated heterocycles. The zero-order chi connectivity index (χ0) is 23.7. The van der Waals surface area contributed by atoms with E-state index in [2.05, 4.69) is 10.4 Å². The second-order valence-electron chi connectivity index (χ2n) is 8.28. The third-order valence-corrected chi connectivity index (χ3v) is 7.04. The Bertz CT molecular complexity index is 1430. The van der Waals surface area contributed by atoms with E-state index in [-0.39, 0.29) is 23.9 Å². The molecule has 174 valence electrons. The van der Waals surface area contributed by atoms with Crippen LogP contribution in [0.15, 0.2) is 64.7 Å². The van der Waals surface area contributed by atoms with Gasteiger partial charge in [-0.15, -0.1) is 0 Å². The lowest BCUT2D eigenvalue weighted by atomic mass is 10.1. The molecule has 34 heavy (non-hydrogen) atoms. The van der Waals surface area contributed by atoms with Gasteiger partial charge in [-0.25, -0.2) is 9.67 Å². The summed E-state index contributed by atoms with van der Waals surface area (Å²) in [5, 5.41) is 8.47. The first kappa shape index (κ1) is 22.2. The molecule has 1 unspecified atom stereocenters. The quantitative estimate of drug-likeness (QED) is 0.413. The maximum atomic E-state index is 13.3. The predicted molar refractivity (Wildman–Crippen MR) is 132 cm³/mol. The third-order valence-electron chi connectivity index (χ3n) is 5.95. The summed E-state index contributed by atoms with van der Waals surface area (Å²) in [7, 11) is 1.64. The van der Waals surface area contributed by atoms with Gasteiger partial charge in [0.1, 0.15) is 11.1 Å². The van der Waals surface area contributed by atoms with Gasteiger partial charge in [0.05, 0.1) is 25.0 Å². The molecule has 1 N–H and O–H groups in total. The minimum Gasteiger partial charge on any atom is -0.496 e. The molecule has 5 rings (SSSR count). The summed E-state index contributed by atoms with van der Waals surface area (Å²) in [5.41, 5.74) is 3.39. The molecule has 2 aromatic carbocycles. The fraction of sp³-hybridized carbons (Fsp3) is 0.280. The Morgan fingerprint density at radius 3 is 2.91 bits per heavy atom. The molecule has 1 atom stereocenters. The number of carbonyl (C=O) groups is 1. The fourth-order valence-corrected chi connectivity index (χ4v) is 5.39. The van der Waals surface area contributed by atoms with Crippen LogP contribution in [-0.4, -0.2) is 44.6 Å². The van der Waals surface area contributed by atoms with Gasteiger partial charge in [0, 0.05) is 18.7 Å². The molecule has 3 heterocycles. The molecule has 0 fully saturated rings. The van der Waals surface area contributed by atoms with Crippen LogP contribution in [-0.2, 0) is 11.2 Å². The van der Waals surface area contributed by atoms with Crippen LogP contribution in [0, 0.1) is 6.92 Å². The Balaban J connectivity index is 1.31. The van der Waals surface area contributed by atoms with Crippen molar-refractivity contribution in [2.24, 2.45) is 0 Å². The first-order valence-electron chi connectivity index (χ1n) is 11.1. The second kappa shape index (κ2) is 9.34. The van der Waals surface area contributed by atoms with Gasteiger partial charge in [0.15, 0.2) is 10.8 Å². The number of aromatic nitrogens is 4. The number of benzene rings is 2. The highest BCUT2D eigenvalue weighted by atomic mass is 32.2. The maximum Gasteiger partial charge on any atom is 0.265 e. The number of nitrogens with one attached hydrogen (secondary N) is 1. The summed E-state index contributed by atoms with van der Waals surface area (Å²) < 4.78 is 8.71. The first-order valence-corrected chi connectivity index (χ1v) is 12.1.